The summed E-state index contributed by atoms with van der Waals surface area (Å²) in [5.41, 5.74) is 0. The Hall–Kier alpha value is -0.230. The van der Waals surface area contributed by atoms with Crippen molar-refractivity contribution in [2.24, 2.45) is 0 Å². The van der Waals surface area contributed by atoms with Gasteiger partial charge in [0.1, 0.15) is 0 Å². The second-order valence-electron chi connectivity index (χ2n) is 5.63. The number of nitrogens with zero attached hydrogens (tertiary/aromatic N) is 2. The Bertz CT molecular complexity index is 216. The molecule has 114 valence electrons. The molecule has 19 heavy (non-hydrogen) atoms. The van der Waals surface area contributed by atoms with Crippen LogP contribution in [0.1, 0.15) is 25.7 Å². The van der Waals surface area contributed by atoms with Crippen LogP contribution in [0.2, 0.25) is 0 Å². The maximum absolute atomic E-state index is 13.5. The largest absolute Gasteiger partial charge is 0.317 e. The molecule has 1 rings (SSSR count). The minimum atomic E-state index is -0.867. The normalized spacial score (nSPS) is 28.3. The maximum Gasteiger partial charge on any atom is 0.152 e. The monoisotopic (exact) mass is 274 g/mol. The topological polar surface area (TPSA) is 30.5 Å². The third-order valence-corrected chi connectivity index (χ3v) is 3.63. The van der Waals surface area contributed by atoms with Gasteiger partial charge in [-0.15, -0.1) is 0 Å². The highest BCUT2D eigenvalue weighted by Crippen LogP contribution is 1.97. The first-order chi connectivity index (χ1) is 9.18. The van der Waals surface area contributed by atoms with Gasteiger partial charge in [0.2, 0.25) is 0 Å². The minimum absolute atomic E-state index is 0.561. The molecular weight excluding hydrogens is 243 g/mol. The van der Waals surface area contributed by atoms with Crippen LogP contribution in [-0.2, 0) is 0 Å². The predicted molar refractivity (Wildman–Crippen MR) is 79.2 cm³/mol. The van der Waals surface area contributed by atoms with Gasteiger partial charge in [0.25, 0.3) is 0 Å². The average molecular weight is 274 g/mol. The lowest BCUT2D eigenvalue weighted by Crippen LogP contribution is -2.33. The van der Waals surface area contributed by atoms with Crippen LogP contribution >= 0.6 is 0 Å². The van der Waals surface area contributed by atoms with Gasteiger partial charge in [-0.3, -0.25) is 5.32 Å². The Kier molecular flexibility index (Phi) is 9.34. The van der Waals surface area contributed by atoms with Gasteiger partial charge < -0.3 is 15.1 Å². The van der Waals surface area contributed by atoms with Gasteiger partial charge in [-0.1, -0.05) is 0 Å². The van der Waals surface area contributed by atoms with E-state index in [1.165, 1.54) is 6.42 Å². The number of rotatable bonds is 0. The third kappa shape index (κ3) is 9.32. The molecule has 0 aromatic heterocycles. The molecule has 1 aliphatic heterocycles. The first kappa shape index (κ1) is 16.8. The standard InChI is InChI=1S/C14H31FN4/c1-18-10-3-7-16-9-6-14(15)17-8-4-11-19(2)13-5-12-18/h14,16-17H,3-13H2,1-2H3. The van der Waals surface area contributed by atoms with Crippen molar-refractivity contribution in [1.82, 2.24) is 20.4 Å². The van der Waals surface area contributed by atoms with Gasteiger partial charge in [0.05, 0.1) is 0 Å². The van der Waals surface area contributed by atoms with E-state index in [9.17, 15) is 4.39 Å². The van der Waals surface area contributed by atoms with Gasteiger partial charge in [-0.05, 0) is 79.2 Å². The zero-order valence-corrected chi connectivity index (χ0v) is 12.6. The van der Waals surface area contributed by atoms with Crippen molar-refractivity contribution >= 4 is 0 Å². The minimum Gasteiger partial charge on any atom is -0.317 e. The molecule has 0 aromatic carbocycles. The highest BCUT2D eigenvalue weighted by atomic mass is 19.1. The number of hydrogen-bond donors (Lipinski definition) is 2. The van der Waals surface area contributed by atoms with E-state index in [2.05, 4.69) is 34.5 Å². The summed E-state index contributed by atoms with van der Waals surface area (Å²) in [5.74, 6) is 0. The summed E-state index contributed by atoms with van der Waals surface area (Å²) >= 11 is 0. The van der Waals surface area contributed by atoms with Crippen molar-refractivity contribution in [2.75, 3.05) is 59.9 Å². The van der Waals surface area contributed by atoms with E-state index in [1.807, 2.05) is 0 Å². The van der Waals surface area contributed by atoms with Crippen LogP contribution in [-0.4, -0.2) is 76.0 Å². The van der Waals surface area contributed by atoms with E-state index in [0.29, 0.717) is 6.42 Å². The van der Waals surface area contributed by atoms with Crippen LogP contribution in [0.15, 0.2) is 0 Å². The fourth-order valence-corrected chi connectivity index (χ4v) is 2.37. The van der Waals surface area contributed by atoms with Crippen LogP contribution in [0.3, 0.4) is 0 Å². The van der Waals surface area contributed by atoms with E-state index >= 15 is 0 Å². The highest BCUT2D eigenvalue weighted by molar-refractivity contribution is 4.62. The van der Waals surface area contributed by atoms with Crippen molar-refractivity contribution in [3.63, 3.8) is 0 Å². The van der Waals surface area contributed by atoms with Crippen molar-refractivity contribution < 1.29 is 4.39 Å². The summed E-state index contributed by atoms with van der Waals surface area (Å²) in [6.07, 6.45) is 3.05. The lowest BCUT2D eigenvalue weighted by Gasteiger charge is -2.21. The molecule has 1 fully saturated rings. The molecule has 0 aliphatic carbocycles. The third-order valence-electron chi connectivity index (χ3n) is 3.63. The lowest BCUT2D eigenvalue weighted by atomic mass is 10.3. The van der Waals surface area contributed by atoms with E-state index < -0.39 is 6.30 Å². The van der Waals surface area contributed by atoms with E-state index in [4.69, 9.17) is 0 Å². The first-order valence-corrected chi connectivity index (χ1v) is 7.64. The van der Waals surface area contributed by atoms with Gasteiger partial charge in [0.15, 0.2) is 6.30 Å². The second kappa shape index (κ2) is 10.5. The molecule has 0 aromatic rings. The second-order valence-corrected chi connectivity index (χ2v) is 5.63. The molecule has 4 nitrogen and oxygen atoms in total. The van der Waals surface area contributed by atoms with E-state index in [1.54, 1.807) is 0 Å². The number of nitrogens with one attached hydrogen (secondary N) is 2. The number of alkyl halides is 1. The van der Waals surface area contributed by atoms with Crippen molar-refractivity contribution in [3.05, 3.63) is 0 Å². The summed E-state index contributed by atoms with van der Waals surface area (Å²) in [7, 11) is 4.34. The fourth-order valence-electron chi connectivity index (χ4n) is 2.37. The molecule has 0 radical (unpaired) electrons. The molecule has 0 amide bonds. The maximum atomic E-state index is 13.5. The molecule has 1 heterocycles. The smallest absolute Gasteiger partial charge is 0.152 e. The lowest BCUT2D eigenvalue weighted by molar-refractivity contribution is 0.237. The first-order valence-electron chi connectivity index (χ1n) is 7.64. The average Bonchev–Trinajstić information content (AvgIpc) is 2.37. The molecule has 0 saturated carbocycles. The molecule has 5 heteroatoms. The molecule has 1 unspecified atom stereocenters. The van der Waals surface area contributed by atoms with Crippen LogP contribution in [0, 0.1) is 0 Å². The molecule has 1 aliphatic rings. The Morgan fingerprint density at radius 2 is 1.42 bits per heavy atom. The molecular formula is C14H31FN4. The summed E-state index contributed by atoms with van der Waals surface area (Å²) in [6.45, 7) is 6.96. The Morgan fingerprint density at radius 1 is 0.842 bits per heavy atom. The molecule has 2 N–H and O–H groups in total. The van der Waals surface area contributed by atoms with Crippen LogP contribution in [0.25, 0.3) is 0 Å². The zero-order chi connectivity index (χ0) is 13.9. The fraction of sp³-hybridized carbons (Fsp3) is 1.00. The molecule has 0 bridgehead atoms. The molecule has 1 saturated heterocycles. The summed E-state index contributed by atoms with van der Waals surface area (Å²) < 4.78 is 13.5. The van der Waals surface area contributed by atoms with Crippen molar-refractivity contribution in [1.29, 1.82) is 0 Å². The van der Waals surface area contributed by atoms with Crippen molar-refractivity contribution in [3.8, 4) is 0 Å². The summed E-state index contributed by atoms with van der Waals surface area (Å²) in [6, 6.07) is 0. The van der Waals surface area contributed by atoms with Gasteiger partial charge in [0, 0.05) is 6.42 Å². The Labute approximate surface area is 117 Å². The number of halogens is 1. The number of hydrogen-bond acceptors (Lipinski definition) is 4. The summed E-state index contributed by atoms with van der Waals surface area (Å²) in [4.78, 5) is 4.73. The predicted octanol–water partition coefficient (Wildman–Crippen LogP) is 0.899. The van der Waals surface area contributed by atoms with Gasteiger partial charge in [-0.2, -0.15) is 0 Å². The zero-order valence-electron chi connectivity index (χ0n) is 12.6. The molecule has 0 spiro atoms. The van der Waals surface area contributed by atoms with Crippen LogP contribution in [0.5, 0.6) is 0 Å². The van der Waals surface area contributed by atoms with E-state index in [-0.39, 0.29) is 0 Å². The van der Waals surface area contributed by atoms with Crippen LogP contribution < -0.4 is 10.6 Å². The molecule has 1 atom stereocenters. The van der Waals surface area contributed by atoms with Gasteiger partial charge in [-0.25, -0.2) is 4.39 Å². The SMILES string of the molecule is CN1CCCNCCC(F)NCCCN(C)CCC1. The Balaban J connectivity index is 2.26. The highest BCUT2D eigenvalue weighted by Gasteiger charge is 2.06. The van der Waals surface area contributed by atoms with Crippen LogP contribution in [0.4, 0.5) is 4.39 Å². The Morgan fingerprint density at radius 3 is 2.11 bits per heavy atom. The quantitative estimate of drug-likeness (QED) is 0.643. The summed E-state index contributed by atoms with van der Waals surface area (Å²) in [5, 5.41) is 6.26. The van der Waals surface area contributed by atoms with Crippen molar-refractivity contribution in [2.45, 2.75) is 32.0 Å². The van der Waals surface area contributed by atoms with E-state index in [0.717, 1.165) is 58.7 Å². The van der Waals surface area contributed by atoms with Gasteiger partial charge >= 0.3 is 0 Å².